The van der Waals surface area contributed by atoms with E-state index in [4.69, 9.17) is 10.5 Å². The molecule has 0 spiro atoms. The third-order valence-corrected chi connectivity index (χ3v) is 7.48. The molecule has 4 amide bonds. The molecule has 2 aromatic rings. The summed E-state index contributed by atoms with van der Waals surface area (Å²) in [6.45, 7) is 1.06. The summed E-state index contributed by atoms with van der Waals surface area (Å²) in [5.74, 6) is -2.97. The lowest BCUT2D eigenvalue weighted by Gasteiger charge is -2.42. The molecule has 0 aliphatic carbocycles. The molecule has 2 saturated heterocycles. The first-order valence-electron chi connectivity index (χ1n) is 13.6. The maximum Gasteiger partial charge on any atom is 0.406 e. The van der Waals surface area contributed by atoms with Crippen LogP contribution in [0.5, 0.6) is 0 Å². The van der Waals surface area contributed by atoms with Gasteiger partial charge in [0.25, 0.3) is 5.91 Å². The summed E-state index contributed by atoms with van der Waals surface area (Å²) in [6.07, 6.45) is -3.66. The predicted molar refractivity (Wildman–Crippen MR) is 145 cm³/mol. The van der Waals surface area contributed by atoms with Gasteiger partial charge in [-0.15, -0.1) is 0 Å². The van der Waals surface area contributed by atoms with Crippen LogP contribution < -0.4 is 11.1 Å². The fourth-order valence-electron chi connectivity index (χ4n) is 5.38. The van der Waals surface area contributed by atoms with Crippen molar-refractivity contribution in [1.29, 1.82) is 0 Å². The van der Waals surface area contributed by atoms with Crippen LogP contribution in [0.2, 0.25) is 0 Å². The number of nitrogens with zero attached hydrogens (tertiary/aromatic N) is 3. The van der Waals surface area contributed by atoms with E-state index in [9.17, 15) is 32.3 Å². The van der Waals surface area contributed by atoms with Gasteiger partial charge in [0.2, 0.25) is 5.91 Å². The number of fused-ring (bicyclic) bond motifs is 1. The van der Waals surface area contributed by atoms with E-state index in [1.54, 1.807) is 18.2 Å². The monoisotopic (exact) mass is 589 g/mol. The Morgan fingerprint density at radius 2 is 1.83 bits per heavy atom. The summed E-state index contributed by atoms with van der Waals surface area (Å²) >= 11 is 0. The quantitative estimate of drug-likeness (QED) is 0.385. The second-order valence-corrected chi connectivity index (χ2v) is 11.3. The Kier molecular flexibility index (Phi) is 9.02. The molecule has 3 N–H and O–H groups in total. The van der Waals surface area contributed by atoms with Gasteiger partial charge in [-0.05, 0) is 44.4 Å². The Hall–Kier alpha value is -3.84. The van der Waals surface area contributed by atoms with E-state index < -0.39 is 59.4 Å². The van der Waals surface area contributed by atoms with E-state index in [2.05, 4.69) is 10.3 Å². The molecule has 10 nitrogen and oxygen atoms in total. The number of nitrogens with one attached hydrogen (secondary N) is 1. The molecule has 0 unspecified atom stereocenters. The first kappa shape index (κ1) is 31.1. The number of amides is 4. The van der Waals surface area contributed by atoms with E-state index in [1.807, 2.05) is 30.3 Å². The number of halogens is 3. The number of ketones is 1. The van der Waals surface area contributed by atoms with Crippen molar-refractivity contribution in [2.75, 3.05) is 19.7 Å². The van der Waals surface area contributed by atoms with Crippen molar-refractivity contribution in [3.05, 3.63) is 66.0 Å². The number of ether oxygens (including phenoxy) is 1. The van der Waals surface area contributed by atoms with Gasteiger partial charge in [-0.2, -0.15) is 13.2 Å². The summed E-state index contributed by atoms with van der Waals surface area (Å²) in [4.78, 5) is 59.0. The highest BCUT2D eigenvalue weighted by atomic mass is 19.4. The number of benzene rings is 1. The number of hydrogen-bond acceptors (Lipinski definition) is 7. The molecule has 3 atom stereocenters. The zero-order chi connectivity index (χ0) is 30.7. The van der Waals surface area contributed by atoms with Crippen LogP contribution in [0.4, 0.5) is 18.0 Å². The minimum atomic E-state index is -4.80. The van der Waals surface area contributed by atoms with E-state index in [1.165, 1.54) is 20.0 Å². The molecule has 1 aromatic heterocycles. The molecule has 42 heavy (non-hydrogen) atoms. The molecule has 1 aromatic carbocycles. The maximum atomic E-state index is 13.9. The van der Waals surface area contributed by atoms with Crippen molar-refractivity contribution in [3.8, 4) is 0 Å². The average Bonchev–Trinajstić information content (AvgIpc) is 3.12. The van der Waals surface area contributed by atoms with Crippen molar-refractivity contribution in [2.24, 2.45) is 11.7 Å². The fraction of sp³-hybridized carbons (Fsp3) is 0.483. The number of nitrogens with two attached hydrogens (primary N) is 1. The van der Waals surface area contributed by atoms with E-state index in [0.29, 0.717) is 5.69 Å². The minimum absolute atomic E-state index is 0.0821. The van der Waals surface area contributed by atoms with Gasteiger partial charge >= 0.3 is 12.2 Å². The topological polar surface area (TPSA) is 135 Å². The van der Waals surface area contributed by atoms with Gasteiger partial charge in [-0.1, -0.05) is 36.4 Å². The Labute approximate surface area is 241 Å². The Morgan fingerprint density at radius 3 is 2.45 bits per heavy atom. The number of piperidine rings is 1. The molecule has 4 rings (SSSR count). The predicted octanol–water partition coefficient (Wildman–Crippen LogP) is 2.61. The molecule has 226 valence electrons. The lowest BCUT2D eigenvalue weighted by Crippen LogP contribution is -2.60. The van der Waals surface area contributed by atoms with Crippen LogP contribution in [-0.4, -0.2) is 81.4 Å². The second kappa shape index (κ2) is 12.2. The molecule has 0 radical (unpaired) electrons. The normalized spacial score (nSPS) is 21.7. The fourth-order valence-corrected chi connectivity index (χ4v) is 5.38. The molecule has 2 fully saturated rings. The Morgan fingerprint density at radius 1 is 1.14 bits per heavy atom. The highest BCUT2D eigenvalue weighted by molar-refractivity contribution is 6.08. The molecule has 13 heteroatoms. The van der Waals surface area contributed by atoms with Gasteiger partial charge in [-0.25, -0.2) is 4.79 Å². The number of rotatable bonds is 11. The number of carbonyl (C=O) groups excluding carboxylic acids is 4. The third-order valence-electron chi connectivity index (χ3n) is 7.48. The van der Waals surface area contributed by atoms with Crippen LogP contribution in [-0.2, 0) is 32.1 Å². The van der Waals surface area contributed by atoms with Gasteiger partial charge in [0.15, 0.2) is 5.78 Å². The lowest BCUT2D eigenvalue weighted by atomic mass is 9.75. The van der Waals surface area contributed by atoms with Crippen LogP contribution >= 0.6 is 0 Å². The van der Waals surface area contributed by atoms with Gasteiger partial charge in [-0.3, -0.25) is 24.3 Å². The zero-order valence-electron chi connectivity index (χ0n) is 23.4. The van der Waals surface area contributed by atoms with Crippen molar-refractivity contribution < 1.29 is 37.1 Å². The van der Waals surface area contributed by atoms with E-state index >= 15 is 0 Å². The minimum Gasteiger partial charge on any atom is -0.374 e. The van der Waals surface area contributed by atoms with Crippen molar-refractivity contribution in [3.63, 3.8) is 0 Å². The molecular weight excluding hydrogens is 555 g/mol. The summed E-state index contributed by atoms with van der Waals surface area (Å²) in [6, 6.07) is 11.9. The number of pyridine rings is 1. The summed E-state index contributed by atoms with van der Waals surface area (Å²) in [7, 11) is 0. The largest absolute Gasteiger partial charge is 0.406 e. The van der Waals surface area contributed by atoms with Gasteiger partial charge in [0, 0.05) is 30.8 Å². The summed E-state index contributed by atoms with van der Waals surface area (Å²) < 4.78 is 45.8. The van der Waals surface area contributed by atoms with Crippen molar-refractivity contribution in [1.82, 2.24) is 20.1 Å². The highest BCUT2D eigenvalue weighted by Crippen LogP contribution is 2.42. The molecule has 2 aliphatic heterocycles. The number of imide groups is 1. The molecule has 0 saturated carbocycles. The first-order valence-corrected chi connectivity index (χ1v) is 13.6. The number of hydrogen-bond donors (Lipinski definition) is 2. The SMILES string of the molecule is CC(C)(N)C(=O)N[C@H](COCc1ccccc1)C(=O)[C@H]1CCN2C(=O)N(CC(F)(F)F)C(=O)[C@]2(Cc2ccccn2)C1. The summed E-state index contributed by atoms with van der Waals surface area (Å²) in [5, 5.41) is 2.65. The zero-order valence-corrected chi connectivity index (χ0v) is 23.4. The van der Waals surface area contributed by atoms with Crippen LogP contribution in [0.25, 0.3) is 0 Å². The van der Waals surface area contributed by atoms with Gasteiger partial charge < -0.3 is 20.7 Å². The number of carbonyl (C=O) groups is 4. The number of alkyl halides is 3. The average molecular weight is 590 g/mol. The smallest absolute Gasteiger partial charge is 0.374 e. The molecular formula is C29H34F3N5O5. The van der Waals surface area contributed by atoms with Crippen molar-refractivity contribution >= 4 is 23.6 Å². The van der Waals surface area contributed by atoms with Gasteiger partial charge in [0.05, 0.1) is 18.8 Å². The Balaban J connectivity index is 1.61. The Bertz CT molecular complexity index is 1300. The number of Topliss-reactive ketones (excluding diaryl/α,β-unsaturated/α-hetero) is 1. The molecule has 0 bridgehead atoms. The standard InChI is InChI=1S/C29H34F3N5O5/c1-27(2,33)24(39)35-22(17-42-16-19-8-4-3-5-9-19)23(38)20-11-13-37-26(41)36(18-29(30,31)32)25(40)28(37,14-20)15-21-10-6-7-12-34-21/h3-10,12,20,22H,11,13-18,33H2,1-2H3,(H,35,39)/t20-,22+,28+/m0/s1. The molecule has 2 aliphatic rings. The maximum absolute atomic E-state index is 13.9. The second-order valence-electron chi connectivity index (χ2n) is 11.3. The first-order chi connectivity index (χ1) is 19.7. The number of urea groups is 1. The van der Waals surface area contributed by atoms with Crippen LogP contribution in [0.3, 0.4) is 0 Å². The van der Waals surface area contributed by atoms with Gasteiger partial charge in [0.1, 0.15) is 18.1 Å². The van der Waals surface area contributed by atoms with Crippen LogP contribution in [0.15, 0.2) is 54.7 Å². The number of aromatic nitrogens is 1. The van der Waals surface area contributed by atoms with Crippen LogP contribution in [0.1, 0.15) is 37.9 Å². The lowest BCUT2D eigenvalue weighted by molar-refractivity contribution is -0.156. The van der Waals surface area contributed by atoms with E-state index in [0.717, 1.165) is 10.5 Å². The molecule has 3 heterocycles. The highest BCUT2D eigenvalue weighted by Gasteiger charge is 2.62. The van der Waals surface area contributed by atoms with Crippen molar-refractivity contribution in [2.45, 2.75) is 63.0 Å². The van der Waals surface area contributed by atoms with E-state index in [-0.39, 0.29) is 43.9 Å². The summed E-state index contributed by atoms with van der Waals surface area (Å²) in [5.41, 5.74) is 4.11. The third kappa shape index (κ3) is 6.96. The van der Waals surface area contributed by atoms with Crippen LogP contribution in [0, 0.1) is 5.92 Å².